The molecule has 0 unspecified atom stereocenters. The van der Waals surface area contributed by atoms with Crippen LogP contribution in [0.1, 0.15) is 15.2 Å². The maximum absolute atomic E-state index is 12.7. The number of methoxy groups -OCH3 is 2. The Kier molecular flexibility index (Phi) is 6.24. The predicted octanol–water partition coefficient (Wildman–Crippen LogP) is 4.68. The number of benzene rings is 2. The summed E-state index contributed by atoms with van der Waals surface area (Å²) in [6.45, 7) is -0.279. The lowest BCUT2D eigenvalue weighted by molar-refractivity contribution is -0.275. The molecule has 0 saturated carbocycles. The average Bonchev–Trinajstić information content (AvgIpc) is 3.40. The third-order valence-corrected chi connectivity index (χ3v) is 5.91. The van der Waals surface area contributed by atoms with Crippen molar-refractivity contribution in [2.75, 3.05) is 14.2 Å². The number of amides is 1. The van der Waals surface area contributed by atoms with Crippen LogP contribution in [-0.4, -0.2) is 36.0 Å². The molecular formula is C22H18F3N3O5S. The molecule has 4 aromatic rings. The van der Waals surface area contributed by atoms with Gasteiger partial charge in [-0.05, 0) is 6.07 Å². The standard InChI is InChI=1S/C22H18F3N3O5S/c1-30-16-7-13-14(8-17(16)31-2)28(11-27-13)19-9-18(20(34-19)21(26)29)32-10-12-5-3-4-6-15(12)33-22(23,24)25/h3-9,11H,10H2,1-2H3,(H2,26,29). The number of alkyl halides is 3. The fourth-order valence-corrected chi connectivity index (χ4v) is 4.21. The second-order valence-electron chi connectivity index (χ2n) is 6.90. The number of primary amides is 1. The Bertz CT molecular complexity index is 1350. The number of imidazole rings is 1. The molecular weight excluding hydrogens is 475 g/mol. The summed E-state index contributed by atoms with van der Waals surface area (Å²) in [7, 11) is 3.02. The molecule has 0 aliphatic heterocycles. The minimum absolute atomic E-state index is 0.103. The van der Waals surface area contributed by atoms with E-state index in [0.29, 0.717) is 27.5 Å². The van der Waals surface area contributed by atoms with Crippen LogP contribution >= 0.6 is 11.3 Å². The Morgan fingerprint density at radius 3 is 2.44 bits per heavy atom. The first-order valence-corrected chi connectivity index (χ1v) is 10.5. The zero-order valence-electron chi connectivity index (χ0n) is 17.9. The molecule has 34 heavy (non-hydrogen) atoms. The summed E-state index contributed by atoms with van der Waals surface area (Å²) >= 11 is 1.05. The van der Waals surface area contributed by atoms with E-state index in [1.807, 2.05) is 0 Å². The highest BCUT2D eigenvalue weighted by atomic mass is 32.1. The average molecular weight is 493 g/mol. The van der Waals surface area contributed by atoms with Gasteiger partial charge in [-0.25, -0.2) is 4.98 Å². The van der Waals surface area contributed by atoms with Crippen molar-refractivity contribution in [2.45, 2.75) is 13.0 Å². The molecule has 8 nitrogen and oxygen atoms in total. The number of hydrogen-bond acceptors (Lipinski definition) is 7. The van der Waals surface area contributed by atoms with E-state index in [1.54, 1.807) is 35.2 Å². The van der Waals surface area contributed by atoms with E-state index in [1.165, 1.54) is 32.4 Å². The number of para-hydroxylation sites is 1. The molecule has 12 heteroatoms. The van der Waals surface area contributed by atoms with Crippen LogP contribution in [0.3, 0.4) is 0 Å². The largest absolute Gasteiger partial charge is 0.573 e. The summed E-state index contributed by atoms with van der Waals surface area (Å²) in [6, 6.07) is 10.6. The van der Waals surface area contributed by atoms with Crippen molar-refractivity contribution in [1.82, 2.24) is 9.55 Å². The van der Waals surface area contributed by atoms with E-state index in [-0.39, 0.29) is 22.8 Å². The van der Waals surface area contributed by atoms with E-state index >= 15 is 0 Å². The Morgan fingerprint density at radius 1 is 1.06 bits per heavy atom. The normalized spacial score (nSPS) is 11.4. The summed E-state index contributed by atoms with van der Waals surface area (Å²) in [5.74, 6) is -0.0201. The van der Waals surface area contributed by atoms with Crippen molar-refractivity contribution in [3.05, 3.63) is 59.2 Å². The zero-order chi connectivity index (χ0) is 24.5. The molecule has 2 heterocycles. The second-order valence-corrected chi connectivity index (χ2v) is 7.93. The number of aromatic nitrogens is 2. The summed E-state index contributed by atoms with van der Waals surface area (Å²) in [5, 5.41) is 0.554. The van der Waals surface area contributed by atoms with Crippen LogP contribution in [0, 0.1) is 0 Å². The van der Waals surface area contributed by atoms with E-state index in [2.05, 4.69) is 9.72 Å². The molecule has 0 bridgehead atoms. The Morgan fingerprint density at radius 2 is 1.76 bits per heavy atom. The Labute approximate surface area is 195 Å². The molecule has 1 amide bonds. The lowest BCUT2D eigenvalue weighted by atomic mass is 10.2. The van der Waals surface area contributed by atoms with E-state index in [9.17, 15) is 18.0 Å². The molecule has 0 saturated heterocycles. The SMILES string of the molecule is COc1cc2ncn(-c3cc(OCc4ccccc4OC(F)(F)F)c(C(N)=O)s3)c2cc1OC. The van der Waals surface area contributed by atoms with Gasteiger partial charge in [0.15, 0.2) is 11.5 Å². The molecule has 0 aliphatic carbocycles. The van der Waals surface area contributed by atoms with Gasteiger partial charge in [0.2, 0.25) is 0 Å². The number of carbonyl (C=O) groups excluding carboxylic acids is 1. The number of carbonyl (C=O) groups is 1. The maximum Gasteiger partial charge on any atom is 0.573 e. The summed E-state index contributed by atoms with van der Waals surface area (Å²) in [4.78, 5) is 16.5. The van der Waals surface area contributed by atoms with Gasteiger partial charge in [0, 0.05) is 23.8 Å². The van der Waals surface area contributed by atoms with Gasteiger partial charge in [-0.3, -0.25) is 9.36 Å². The number of ether oxygens (including phenoxy) is 4. The Balaban J connectivity index is 1.67. The van der Waals surface area contributed by atoms with Gasteiger partial charge in [0.05, 0.1) is 25.3 Å². The third-order valence-electron chi connectivity index (χ3n) is 4.78. The summed E-state index contributed by atoms with van der Waals surface area (Å²) in [5.41, 5.74) is 6.95. The molecule has 0 aliphatic rings. The molecule has 2 aromatic carbocycles. The van der Waals surface area contributed by atoms with Gasteiger partial charge in [-0.2, -0.15) is 0 Å². The number of rotatable bonds is 8. The zero-order valence-corrected chi connectivity index (χ0v) is 18.7. The van der Waals surface area contributed by atoms with Crippen LogP contribution < -0.4 is 24.7 Å². The van der Waals surface area contributed by atoms with Crippen LogP contribution in [0.4, 0.5) is 13.2 Å². The van der Waals surface area contributed by atoms with Gasteiger partial charge in [-0.1, -0.05) is 18.2 Å². The van der Waals surface area contributed by atoms with Gasteiger partial charge < -0.3 is 24.7 Å². The minimum atomic E-state index is -4.85. The van der Waals surface area contributed by atoms with Crippen LogP contribution in [0.5, 0.6) is 23.0 Å². The number of nitrogens with zero attached hydrogens (tertiary/aromatic N) is 2. The lowest BCUT2D eigenvalue weighted by Gasteiger charge is -2.13. The van der Waals surface area contributed by atoms with E-state index in [0.717, 1.165) is 11.3 Å². The van der Waals surface area contributed by atoms with Crippen molar-refractivity contribution in [1.29, 1.82) is 0 Å². The van der Waals surface area contributed by atoms with Crippen LogP contribution in [0.15, 0.2) is 48.8 Å². The smallest absolute Gasteiger partial charge is 0.493 e. The minimum Gasteiger partial charge on any atom is -0.493 e. The first-order chi connectivity index (χ1) is 16.2. The molecule has 2 aromatic heterocycles. The first-order valence-electron chi connectivity index (χ1n) is 9.69. The van der Waals surface area contributed by atoms with Gasteiger partial charge in [0.25, 0.3) is 5.91 Å². The second kappa shape index (κ2) is 9.14. The van der Waals surface area contributed by atoms with Crippen molar-refractivity contribution in [2.24, 2.45) is 5.73 Å². The molecule has 0 radical (unpaired) electrons. The Hall–Kier alpha value is -3.93. The van der Waals surface area contributed by atoms with E-state index in [4.69, 9.17) is 19.9 Å². The highest BCUT2D eigenvalue weighted by Crippen LogP contribution is 2.37. The maximum atomic E-state index is 12.7. The number of thiophene rings is 1. The van der Waals surface area contributed by atoms with Gasteiger partial charge >= 0.3 is 6.36 Å². The van der Waals surface area contributed by atoms with E-state index < -0.39 is 18.0 Å². The molecule has 4 rings (SSSR count). The summed E-state index contributed by atoms with van der Waals surface area (Å²) < 4.78 is 60.2. The first kappa shape index (κ1) is 23.2. The topological polar surface area (TPSA) is 97.8 Å². The monoisotopic (exact) mass is 493 g/mol. The third kappa shape index (κ3) is 4.71. The van der Waals surface area contributed by atoms with Crippen LogP contribution in [0.2, 0.25) is 0 Å². The van der Waals surface area contributed by atoms with Crippen LogP contribution in [0.25, 0.3) is 16.0 Å². The number of hydrogen-bond donors (Lipinski definition) is 1. The van der Waals surface area contributed by atoms with Crippen molar-refractivity contribution in [3.63, 3.8) is 0 Å². The molecule has 0 fully saturated rings. The van der Waals surface area contributed by atoms with Gasteiger partial charge in [0.1, 0.15) is 34.3 Å². The highest BCUT2D eigenvalue weighted by molar-refractivity contribution is 7.16. The van der Waals surface area contributed by atoms with Gasteiger partial charge in [-0.15, -0.1) is 24.5 Å². The molecule has 2 N–H and O–H groups in total. The fraction of sp³-hybridized carbons (Fsp3) is 0.182. The highest BCUT2D eigenvalue weighted by Gasteiger charge is 2.32. The molecule has 0 atom stereocenters. The van der Waals surface area contributed by atoms with Crippen molar-refractivity contribution < 1.29 is 36.9 Å². The van der Waals surface area contributed by atoms with Crippen molar-refractivity contribution >= 4 is 28.3 Å². The summed E-state index contributed by atoms with van der Waals surface area (Å²) in [6.07, 6.45) is -3.30. The quantitative estimate of drug-likeness (QED) is 0.383. The lowest BCUT2D eigenvalue weighted by Crippen LogP contribution is -2.18. The fourth-order valence-electron chi connectivity index (χ4n) is 3.27. The number of halogens is 3. The molecule has 178 valence electrons. The predicted molar refractivity (Wildman–Crippen MR) is 118 cm³/mol. The van der Waals surface area contributed by atoms with Crippen LogP contribution in [-0.2, 0) is 6.61 Å². The van der Waals surface area contributed by atoms with Crippen molar-refractivity contribution in [3.8, 4) is 28.0 Å². The number of nitrogens with two attached hydrogens (primary N) is 1. The number of fused-ring (bicyclic) bond motifs is 1. The molecule has 0 spiro atoms.